The van der Waals surface area contributed by atoms with Crippen LogP contribution in [0.3, 0.4) is 0 Å². The summed E-state index contributed by atoms with van der Waals surface area (Å²) in [6.07, 6.45) is 3.50. The van der Waals surface area contributed by atoms with E-state index in [1.807, 2.05) is 6.07 Å². The number of ether oxygens (including phenoxy) is 1. The number of halogens is 4. The molecule has 2 heterocycles. The first-order valence-corrected chi connectivity index (χ1v) is 11.9. The van der Waals surface area contributed by atoms with E-state index in [-0.39, 0.29) is 27.6 Å². The molecule has 0 spiro atoms. The van der Waals surface area contributed by atoms with Crippen molar-refractivity contribution in [3.05, 3.63) is 41.8 Å². The lowest BCUT2D eigenvalue weighted by Gasteiger charge is -2.30. The maximum atomic E-state index is 14.5. The van der Waals surface area contributed by atoms with Gasteiger partial charge in [-0.2, -0.15) is 14.0 Å². The zero-order valence-corrected chi connectivity index (χ0v) is 18.8. The van der Waals surface area contributed by atoms with Gasteiger partial charge in [0.2, 0.25) is 10.0 Å². The van der Waals surface area contributed by atoms with E-state index in [2.05, 4.69) is 14.4 Å². The van der Waals surface area contributed by atoms with Crippen LogP contribution in [0.25, 0.3) is 22.3 Å². The summed E-state index contributed by atoms with van der Waals surface area (Å²) >= 11 is 0. The van der Waals surface area contributed by atoms with Gasteiger partial charge >= 0.3 is 6.61 Å². The zero-order valence-electron chi connectivity index (χ0n) is 17.9. The van der Waals surface area contributed by atoms with Gasteiger partial charge in [0.05, 0.1) is 22.5 Å². The highest BCUT2D eigenvalue weighted by molar-refractivity contribution is 7.89. The molecule has 0 unspecified atom stereocenters. The van der Waals surface area contributed by atoms with E-state index in [4.69, 9.17) is 0 Å². The van der Waals surface area contributed by atoms with Crippen molar-refractivity contribution in [2.24, 2.45) is 0 Å². The van der Waals surface area contributed by atoms with Gasteiger partial charge in [-0.3, -0.25) is 4.98 Å². The van der Waals surface area contributed by atoms with Gasteiger partial charge in [0.15, 0.2) is 11.6 Å². The molecule has 3 aromatic rings. The average Bonchev–Trinajstić information content (AvgIpc) is 3.05. The smallest absolute Gasteiger partial charge is 0.387 e. The maximum Gasteiger partial charge on any atom is 0.387 e. The predicted octanol–water partition coefficient (Wildman–Crippen LogP) is 4.68. The molecule has 0 bridgehead atoms. The number of nitrogens with zero attached hydrogens (tertiary/aromatic N) is 3. The van der Waals surface area contributed by atoms with Gasteiger partial charge in [-0.25, -0.2) is 21.9 Å². The number of pyridine rings is 1. The van der Waals surface area contributed by atoms with Crippen LogP contribution in [-0.2, 0) is 10.0 Å². The number of nitrogens with one attached hydrogen (secondary N) is 1. The molecule has 34 heavy (non-hydrogen) atoms. The van der Waals surface area contributed by atoms with E-state index in [9.17, 15) is 31.2 Å². The van der Waals surface area contributed by atoms with Gasteiger partial charge in [-0.05, 0) is 44.4 Å². The molecule has 12 heteroatoms. The molecule has 0 saturated heterocycles. The summed E-state index contributed by atoms with van der Waals surface area (Å²) in [5, 5.41) is 10.1. The Morgan fingerprint density at radius 2 is 2.06 bits per heavy atom. The largest absolute Gasteiger partial charge is 0.432 e. The Kier molecular flexibility index (Phi) is 6.51. The van der Waals surface area contributed by atoms with Crippen molar-refractivity contribution in [3.8, 4) is 23.2 Å². The summed E-state index contributed by atoms with van der Waals surface area (Å²) in [6.45, 7) is -2.73. The summed E-state index contributed by atoms with van der Waals surface area (Å²) in [7, 11) is -4.02. The fourth-order valence-electron chi connectivity index (χ4n) is 3.93. The minimum Gasteiger partial charge on any atom is -0.432 e. The fraction of sp³-hybridized carbons (Fsp3) is 0.364. The van der Waals surface area contributed by atoms with Crippen LogP contribution in [0.1, 0.15) is 37.8 Å². The highest BCUT2D eigenvalue weighted by atomic mass is 32.2. The second-order valence-electron chi connectivity index (χ2n) is 8.02. The third-order valence-electron chi connectivity index (χ3n) is 5.70. The van der Waals surface area contributed by atoms with Gasteiger partial charge < -0.3 is 9.30 Å². The number of nitriles is 1. The molecule has 2 aromatic heterocycles. The van der Waals surface area contributed by atoms with E-state index in [1.54, 1.807) is 4.57 Å². The van der Waals surface area contributed by atoms with Crippen molar-refractivity contribution in [3.63, 3.8) is 0 Å². The number of alkyl halides is 3. The summed E-state index contributed by atoms with van der Waals surface area (Å²) in [5.41, 5.74) is 0.987. The molecule has 1 N–H and O–H groups in total. The molecule has 1 aliphatic rings. The first-order valence-electron chi connectivity index (χ1n) is 10.4. The van der Waals surface area contributed by atoms with Crippen LogP contribution in [0.4, 0.5) is 17.6 Å². The average molecular weight is 496 g/mol. The number of fused-ring (bicyclic) bond motifs is 1. The quantitative estimate of drug-likeness (QED) is 0.457. The lowest BCUT2D eigenvalue weighted by atomic mass is 9.92. The highest BCUT2D eigenvalue weighted by Crippen LogP contribution is 2.43. The molecule has 1 aromatic carbocycles. The molecule has 1 saturated carbocycles. The van der Waals surface area contributed by atoms with Gasteiger partial charge in [-0.1, -0.05) is 0 Å². The molecule has 4 rings (SSSR count). The van der Waals surface area contributed by atoms with Crippen molar-refractivity contribution in [1.82, 2.24) is 14.3 Å². The number of hydrogen-bond acceptors (Lipinski definition) is 5. The molecule has 7 nitrogen and oxygen atoms in total. The van der Waals surface area contributed by atoms with Crippen molar-refractivity contribution < 1.29 is 30.7 Å². The third-order valence-corrected chi connectivity index (χ3v) is 7.28. The zero-order chi connectivity index (χ0) is 24.6. The van der Waals surface area contributed by atoms with Gasteiger partial charge in [-0.15, -0.1) is 0 Å². The Hall–Kier alpha value is -3.17. The fourth-order valence-corrected chi connectivity index (χ4v) is 5.10. The van der Waals surface area contributed by atoms with Crippen molar-refractivity contribution >= 4 is 20.9 Å². The second-order valence-corrected chi connectivity index (χ2v) is 9.74. The summed E-state index contributed by atoms with van der Waals surface area (Å²) in [5.74, 6) is -1.68. The van der Waals surface area contributed by atoms with E-state index < -0.39 is 40.9 Å². The Bertz CT molecular complexity index is 1360. The summed E-state index contributed by atoms with van der Waals surface area (Å²) in [4.78, 5) is 4.02. The van der Waals surface area contributed by atoms with Gasteiger partial charge in [0, 0.05) is 29.7 Å². The standard InChI is InChI=1S/C22H20F4N4O3S/c1-12(9-23)29-34(31,32)14-5-6-18(28-11-14)21-16(10-27)15-7-17(24)20(33-22(25)26)8-19(15)30(21)13-3-2-4-13/h5-8,11-13,22,29H,2-4,9H2,1H3/t12-/m0/s1. The second kappa shape index (κ2) is 9.23. The first-order chi connectivity index (χ1) is 16.2. The summed E-state index contributed by atoms with van der Waals surface area (Å²) < 4.78 is 85.8. The van der Waals surface area contributed by atoms with Crippen LogP contribution in [0.2, 0.25) is 0 Å². The lowest BCUT2D eigenvalue weighted by molar-refractivity contribution is -0.0521. The SMILES string of the molecule is C[C@@H](CF)NS(=O)(=O)c1ccc(-c2c(C#N)c3cc(F)c(OC(F)F)cc3n2C2CCC2)nc1. The van der Waals surface area contributed by atoms with Crippen LogP contribution in [-0.4, -0.2) is 37.3 Å². The Balaban J connectivity index is 1.87. The number of sulfonamides is 1. The topological polar surface area (TPSA) is 97.0 Å². The monoisotopic (exact) mass is 496 g/mol. The molecule has 0 amide bonds. The van der Waals surface area contributed by atoms with Gasteiger partial charge in [0.1, 0.15) is 17.6 Å². The number of hydrogen-bond donors (Lipinski definition) is 1. The molecule has 1 atom stereocenters. The summed E-state index contributed by atoms with van der Waals surface area (Å²) in [6, 6.07) is 5.82. The molecule has 0 aliphatic heterocycles. The Labute approximate surface area is 193 Å². The van der Waals surface area contributed by atoms with E-state index in [1.165, 1.54) is 19.1 Å². The van der Waals surface area contributed by atoms with Crippen molar-refractivity contribution in [2.45, 2.75) is 49.8 Å². The number of benzene rings is 1. The normalized spacial score (nSPS) is 15.3. The predicted molar refractivity (Wildman–Crippen MR) is 115 cm³/mol. The Morgan fingerprint density at radius 1 is 1.32 bits per heavy atom. The third kappa shape index (κ3) is 4.33. The lowest BCUT2D eigenvalue weighted by Crippen LogP contribution is -2.34. The van der Waals surface area contributed by atoms with Crippen LogP contribution in [0.15, 0.2) is 35.4 Å². The Morgan fingerprint density at radius 3 is 2.59 bits per heavy atom. The number of aromatic nitrogens is 2. The molecule has 0 radical (unpaired) electrons. The first kappa shape index (κ1) is 24.0. The highest BCUT2D eigenvalue weighted by Gasteiger charge is 2.30. The van der Waals surface area contributed by atoms with E-state index in [0.717, 1.165) is 37.6 Å². The molecule has 180 valence electrons. The molecular weight excluding hydrogens is 476 g/mol. The van der Waals surface area contributed by atoms with E-state index >= 15 is 0 Å². The molecular formula is C22H20F4N4O3S. The minimum atomic E-state index is -4.02. The minimum absolute atomic E-state index is 0.0803. The maximum absolute atomic E-state index is 14.5. The van der Waals surface area contributed by atoms with Gasteiger partial charge in [0.25, 0.3) is 0 Å². The molecule has 1 fully saturated rings. The van der Waals surface area contributed by atoms with Crippen LogP contribution in [0.5, 0.6) is 5.75 Å². The van der Waals surface area contributed by atoms with E-state index in [0.29, 0.717) is 11.2 Å². The van der Waals surface area contributed by atoms with Crippen LogP contribution in [0, 0.1) is 17.1 Å². The number of rotatable bonds is 8. The molecule has 1 aliphatic carbocycles. The van der Waals surface area contributed by atoms with Crippen molar-refractivity contribution in [1.29, 1.82) is 5.26 Å². The van der Waals surface area contributed by atoms with Crippen LogP contribution >= 0.6 is 0 Å². The van der Waals surface area contributed by atoms with Crippen molar-refractivity contribution in [2.75, 3.05) is 6.67 Å². The van der Waals surface area contributed by atoms with Crippen LogP contribution < -0.4 is 9.46 Å².